The molecule has 0 rings (SSSR count). The van der Waals surface area contributed by atoms with Crippen molar-refractivity contribution in [3.05, 3.63) is 0 Å². The number of hydrogen-bond donors (Lipinski definition) is 0. The topological polar surface area (TPSA) is 138 Å². The maximum atomic E-state index is 8.29. The van der Waals surface area contributed by atoms with Gasteiger partial charge in [0, 0.05) is 0 Å². The Morgan fingerprint density at radius 2 is 0.455 bits per heavy atom. The second kappa shape index (κ2) is 50.1. The molecule has 0 atom stereocenters. The molecule has 70 valence electrons. The minimum absolute atomic E-state index is 0. The Labute approximate surface area is 141 Å². The maximum Gasteiger partial charge on any atom is 3.00 e. The van der Waals surface area contributed by atoms with Crippen molar-refractivity contribution in [1.82, 2.24) is 0 Å². The van der Waals surface area contributed by atoms with Gasteiger partial charge in [-0.05, 0) is 0 Å². The molecular weight excluding hydrogens is 507 g/mol. The summed E-state index contributed by atoms with van der Waals surface area (Å²) in [5, 5.41) is 0. The normalized spacial score (nSPS) is 4.91. The molecule has 0 saturated heterocycles. The standard InChI is InChI=1S/2Gd.3H2O2S/c;;3*1-3-2/h;;3*1-2H/q2*+3;;;/p-6. The molecule has 0 aromatic carbocycles. The summed E-state index contributed by atoms with van der Waals surface area (Å²) >= 11 is -2.25. The van der Waals surface area contributed by atoms with Crippen molar-refractivity contribution in [3.8, 4) is 0 Å². The van der Waals surface area contributed by atoms with Crippen LogP contribution in [0.3, 0.4) is 0 Å². The van der Waals surface area contributed by atoms with Crippen molar-refractivity contribution in [1.29, 1.82) is 0 Å². The molecule has 2 radical (unpaired) electrons. The van der Waals surface area contributed by atoms with Crippen LogP contribution in [0.15, 0.2) is 0 Å². The Hall–Kier alpha value is 3.46. The number of hydrogen-bond acceptors (Lipinski definition) is 9. The van der Waals surface area contributed by atoms with E-state index in [0.29, 0.717) is 0 Å². The smallest absolute Gasteiger partial charge is 0.811 e. The van der Waals surface area contributed by atoms with Crippen LogP contribution in [0.4, 0.5) is 0 Å². The van der Waals surface area contributed by atoms with Gasteiger partial charge in [-0.25, -0.2) is 0 Å². The third-order valence-corrected chi connectivity index (χ3v) is 0. The zero-order chi connectivity index (χ0) is 8.12. The van der Waals surface area contributed by atoms with Crippen LogP contribution in [0.25, 0.3) is 0 Å². The average Bonchev–Trinajstić information content (AvgIpc) is 1.70. The molecule has 6 nitrogen and oxygen atoms in total. The van der Waals surface area contributed by atoms with Gasteiger partial charge >= 0.3 is 79.9 Å². The third-order valence-electron chi connectivity index (χ3n) is 0. The molecule has 0 aliphatic rings. The molecule has 0 aromatic heterocycles. The number of rotatable bonds is 0. The molecule has 0 heterocycles. The van der Waals surface area contributed by atoms with E-state index >= 15 is 0 Å². The van der Waals surface area contributed by atoms with E-state index in [9.17, 15) is 0 Å². The predicted octanol–water partition coefficient (Wildman–Crippen LogP) is -0.0588. The van der Waals surface area contributed by atoms with Crippen LogP contribution in [0.5, 0.6) is 0 Å². The van der Waals surface area contributed by atoms with E-state index in [1.807, 2.05) is 0 Å². The molecule has 0 aliphatic heterocycles. The Bertz CT molecular complexity index is 20.5. The summed E-state index contributed by atoms with van der Waals surface area (Å²) in [6.07, 6.45) is 0. The van der Waals surface area contributed by atoms with E-state index in [2.05, 4.69) is 0 Å². The molecule has 0 unspecified atom stereocenters. The summed E-state index contributed by atoms with van der Waals surface area (Å²) in [7, 11) is 0. The van der Waals surface area contributed by atoms with E-state index in [0.717, 1.165) is 0 Å². The average molecular weight is 507 g/mol. The molecule has 11 heavy (non-hydrogen) atoms. The summed E-state index contributed by atoms with van der Waals surface area (Å²) in [5.74, 6) is 0. The van der Waals surface area contributed by atoms with Crippen molar-refractivity contribution in [3.63, 3.8) is 0 Å². The van der Waals surface area contributed by atoms with Gasteiger partial charge in [0.05, 0.1) is 0 Å². The first kappa shape index (κ1) is 29.3. The van der Waals surface area contributed by atoms with Gasteiger partial charge < -0.3 is 64.3 Å². The molecule has 11 heteroatoms. The molecule has 0 fully saturated rings. The fourth-order valence-corrected chi connectivity index (χ4v) is 0. The Kier molecular flexibility index (Phi) is 133. The molecule has 0 aliphatic carbocycles. The SMILES string of the molecule is [Gd+3].[Gd+3].[O-]S[O-].[O-]S[O-].[O-]S[O-]. The van der Waals surface area contributed by atoms with E-state index in [4.69, 9.17) is 27.3 Å². The Morgan fingerprint density at radius 1 is 0.455 bits per heavy atom. The van der Waals surface area contributed by atoms with Crippen molar-refractivity contribution in [2.45, 2.75) is 0 Å². The summed E-state index contributed by atoms with van der Waals surface area (Å²) in [6.45, 7) is 0. The molecule has 0 spiro atoms. The van der Waals surface area contributed by atoms with Crippen LogP contribution in [0.1, 0.15) is 0 Å². The van der Waals surface area contributed by atoms with Gasteiger partial charge in [0.2, 0.25) is 0 Å². The second-order valence-electron chi connectivity index (χ2n) is 0.204. The van der Waals surface area contributed by atoms with Crippen LogP contribution in [-0.4, -0.2) is 27.3 Å². The largest absolute Gasteiger partial charge is 3.00 e. The molecule has 0 aromatic rings. The van der Waals surface area contributed by atoms with Crippen molar-refractivity contribution >= 4 is 37.0 Å². The monoisotopic (exact) mass is 508 g/mol. The Morgan fingerprint density at radius 3 is 0.455 bits per heavy atom. The molecule has 0 N–H and O–H groups in total. The second-order valence-corrected chi connectivity index (χ2v) is 0.612. The van der Waals surface area contributed by atoms with Gasteiger partial charge in [-0.1, -0.05) is 0 Å². The molecule has 0 saturated carbocycles. The first-order valence-electron chi connectivity index (χ1n) is 1.00. The summed E-state index contributed by atoms with van der Waals surface area (Å²) < 4.78 is 49.7. The summed E-state index contributed by atoms with van der Waals surface area (Å²) in [6, 6.07) is 0. The van der Waals surface area contributed by atoms with E-state index in [-0.39, 0.29) is 79.9 Å². The minimum Gasteiger partial charge on any atom is -0.811 e. The predicted molar refractivity (Wildman–Crippen MR) is 27.4 cm³/mol. The zero-order valence-electron chi connectivity index (χ0n) is 4.38. The fraction of sp³-hybridized carbons (Fsp3) is 0. The third kappa shape index (κ3) is 148. The van der Waals surface area contributed by atoms with Gasteiger partial charge in [-0.15, -0.1) is 0 Å². The van der Waals surface area contributed by atoms with Gasteiger partial charge in [0.25, 0.3) is 0 Å². The zero-order valence-corrected chi connectivity index (χ0v) is 11.4. The van der Waals surface area contributed by atoms with Gasteiger partial charge in [-0.2, -0.15) is 0 Å². The first-order chi connectivity index (χ1) is 4.24. The van der Waals surface area contributed by atoms with Crippen LogP contribution in [0.2, 0.25) is 0 Å². The Balaban J connectivity index is -0.0000000150. The van der Waals surface area contributed by atoms with Crippen molar-refractivity contribution < 1.29 is 107 Å². The van der Waals surface area contributed by atoms with E-state index < -0.39 is 37.0 Å². The molecule has 0 bridgehead atoms. The van der Waals surface area contributed by atoms with Crippen molar-refractivity contribution in [2.24, 2.45) is 0 Å². The summed E-state index contributed by atoms with van der Waals surface area (Å²) in [5.41, 5.74) is 0. The van der Waals surface area contributed by atoms with E-state index in [1.54, 1.807) is 0 Å². The van der Waals surface area contributed by atoms with Gasteiger partial charge in [-0.3, -0.25) is 0 Å². The minimum atomic E-state index is -0.750. The quantitative estimate of drug-likeness (QED) is 0.414. The first-order valence-corrected chi connectivity index (χ1v) is 3.00. The van der Waals surface area contributed by atoms with Gasteiger partial charge in [0.1, 0.15) is 0 Å². The fourth-order valence-electron chi connectivity index (χ4n) is 0. The molecular formula is Gd2O6S3. The molecule has 0 amide bonds. The maximum absolute atomic E-state index is 8.29. The van der Waals surface area contributed by atoms with Gasteiger partial charge in [0.15, 0.2) is 0 Å². The van der Waals surface area contributed by atoms with E-state index in [1.165, 1.54) is 0 Å². The van der Waals surface area contributed by atoms with Crippen LogP contribution < -0.4 is 0 Å². The van der Waals surface area contributed by atoms with Crippen molar-refractivity contribution in [2.75, 3.05) is 0 Å². The van der Waals surface area contributed by atoms with Crippen LogP contribution in [-0.2, 0) is 0 Å². The van der Waals surface area contributed by atoms with Crippen LogP contribution >= 0.6 is 37.0 Å². The summed E-state index contributed by atoms with van der Waals surface area (Å²) in [4.78, 5) is 0. The van der Waals surface area contributed by atoms with Crippen LogP contribution in [0, 0.1) is 79.9 Å².